The average Bonchev–Trinajstić information content (AvgIpc) is 3.59. The SMILES string of the molecule is C=C/C=C\C=C/Cc1ccc(-c2nc(-c3ccccc3)nc(-c3cccc4oc5cc(/C=C/C=C(\C=C/C)/C=C\C=C/C)ccc5c34)n2)c2ccccc12. The zero-order valence-corrected chi connectivity index (χ0v) is 30.6. The summed E-state index contributed by atoms with van der Waals surface area (Å²) in [5.74, 6) is 1.83. The standard InChI is InChI=1S/C50H41N3O/c1-4-7-9-10-13-24-38-32-34-42(41-28-17-16-27-40(38)41)49-51-48(39-25-14-11-15-26-39)52-50(53-49)44-29-19-30-45-47(44)43-33-31-37(35-46(43)54-45)23-18-22-36(20-6-3)21-12-8-5-2/h4-23,25-35H,1,24H2,2-3H3/b8-5-,9-7-,13-10-,20-6-,21-12-,23-18+,36-22+. The highest BCUT2D eigenvalue weighted by molar-refractivity contribution is 6.12. The third-order valence-corrected chi connectivity index (χ3v) is 9.05. The highest BCUT2D eigenvalue weighted by atomic mass is 16.3. The van der Waals surface area contributed by atoms with Crippen molar-refractivity contribution in [2.24, 2.45) is 0 Å². The first-order chi connectivity index (χ1) is 26.7. The normalized spacial score (nSPS) is 12.8. The maximum atomic E-state index is 6.48. The monoisotopic (exact) mass is 699 g/mol. The van der Waals surface area contributed by atoms with Gasteiger partial charge in [0, 0.05) is 27.5 Å². The van der Waals surface area contributed by atoms with Crippen LogP contribution in [0.2, 0.25) is 0 Å². The fourth-order valence-electron chi connectivity index (χ4n) is 6.52. The quantitative estimate of drug-likeness (QED) is 0.119. The summed E-state index contributed by atoms with van der Waals surface area (Å²) < 4.78 is 6.48. The number of nitrogens with zero attached hydrogens (tertiary/aromatic N) is 3. The Bertz CT molecular complexity index is 2660. The molecular formula is C50H41N3O. The van der Waals surface area contributed by atoms with Gasteiger partial charge in [-0.05, 0) is 65.9 Å². The lowest BCUT2D eigenvalue weighted by atomic mass is 9.97. The zero-order valence-electron chi connectivity index (χ0n) is 30.6. The van der Waals surface area contributed by atoms with Gasteiger partial charge in [-0.3, -0.25) is 0 Å². The van der Waals surface area contributed by atoms with Crippen LogP contribution in [0.15, 0.2) is 199 Å². The molecule has 4 heteroatoms. The summed E-state index contributed by atoms with van der Waals surface area (Å²) in [5.41, 5.74) is 7.74. The van der Waals surface area contributed by atoms with Crippen molar-refractivity contribution in [1.29, 1.82) is 0 Å². The van der Waals surface area contributed by atoms with Gasteiger partial charge in [-0.1, -0.05) is 177 Å². The third kappa shape index (κ3) is 7.94. The minimum atomic E-state index is 0.592. The van der Waals surface area contributed by atoms with E-state index in [4.69, 9.17) is 19.4 Å². The van der Waals surface area contributed by atoms with Crippen molar-refractivity contribution in [2.45, 2.75) is 20.3 Å². The Labute approximate surface area is 317 Å². The van der Waals surface area contributed by atoms with E-state index in [1.807, 2.05) is 92.8 Å². The topological polar surface area (TPSA) is 51.8 Å². The number of benzene rings is 5. The Morgan fingerprint density at radius 2 is 1.41 bits per heavy atom. The molecule has 0 N–H and O–H groups in total. The van der Waals surface area contributed by atoms with Crippen molar-refractivity contribution in [3.05, 3.63) is 205 Å². The molecule has 0 unspecified atom stereocenters. The van der Waals surface area contributed by atoms with Crippen molar-refractivity contribution in [2.75, 3.05) is 0 Å². The predicted octanol–water partition coefficient (Wildman–Crippen LogP) is 13.4. The Morgan fingerprint density at radius 1 is 0.611 bits per heavy atom. The number of hydrogen-bond donors (Lipinski definition) is 0. The fraction of sp³-hybridized carbons (Fsp3) is 0.0600. The Hall–Kier alpha value is -6.91. The van der Waals surface area contributed by atoms with Gasteiger partial charge in [0.2, 0.25) is 0 Å². The smallest absolute Gasteiger partial charge is 0.164 e. The molecule has 54 heavy (non-hydrogen) atoms. The second-order valence-corrected chi connectivity index (χ2v) is 12.7. The first-order valence-corrected chi connectivity index (χ1v) is 18.2. The van der Waals surface area contributed by atoms with Gasteiger partial charge < -0.3 is 4.42 Å². The summed E-state index contributed by atoms with van der Waals surface area (Å²) in [5, 5.41) is 4.24. The Morgan fingerprint density at radius 3 is 2.22 bits per heavy atom. The summed E-state index contributed by atoms with van der Waals surface area (Å²) in [7, 11) is 0. The van der Waals surface area contributed by atoms with Crippen molar-refractivity contribution in [3.63, 3.8) is 0 Å². The summed E-state index contributed by atoms with van der Waals surface area (Å²) in [4.78, 5) is 15.4. The van der Waals surface area contributed by atoms with Crippen molar-refractivity contribution in [3.8, 4) is 34.2 Å². The number of hydrogen-bond acceptors (Lipinski definition) is 4. The largest absolute Gasteiger partial charge is 0.456 e. The van der Waals surface area contributed by atoms with E-state index >= 15 is 0 Å². The van der Waals surface area contributed by atoms with Crippen LogP contribution < -0.4 is 0 Å². The third-order valence-electron chi connectivity index (χ3n) is 9.05. The first-order valence-electron chi connectivity index (χ1n) is 18.2. The van der Waals surface area contributed by atoms with Crippen LogP contribution in [0.5, 0.6) is 0 Å². The highest BCUT2D eigenvalue weighted by Crippen LogP contribution is 2.38. The Balaban J connectivity index is 1.33. The molecule has 0 aliphatic rings. The molecule has 7 aromatic rings. The molecule has 0 aliphatic carbocycles. The van der Waals surface area contributed by atoms with Gasteiger partial charge in [0.25, 0.3) is 0 Å². The maximum absolute atomic E-state index is 6.48. The molecule has 0 bridgehead atoms. The van der Waals surface area contributed by atoms with Gasteiger partial charge in [-0.25, -0.2) is 15.0 Å². The molecule has 4 nitrogen and oxygen atoms in total. The van der Waals surface area contributed by atoms with Crippen LogP contribution in [-0.4, -0.2) is 15.0 Å². The summed E-state index contributed by atoms with van der Waals surface area (Å²) in [6, 6.07) is 35.3. The highest BCUT2D eigenvalue weighted by Gasteiger charge is 2.19. The zero-order chi connectivity index (χ0) is 37.1. The van der Waals surface area contributed by atoms with E-state index in [2.05, 4.69) is 110 Å². The van der Waals surface area contributed by atoms with Crippen molar-refractivity contribution in [1.82, 2.24) is 15.0 Å². The molecule has 0 radical (unpaired) electrons. The van der Waals surface area contributed by atoms with Crippen LogP contribution in [0.3, 0.4) is 0 Å². The van der Waals surface area contributed by atoms with Crippen LogP contribution in [0.1, 0.15) is 25.0 Å². The molecule has 7 rings (SSSR count). The van der Waals surface area contributed by atoms with E-state index in [-0.39, 0.29) is 0 Å². The fourth-order valence-corrected chi connectivity index (χ4v) is 6.52. The van der Waals surface area contributed by atoms with E-state index < -0.39 is 0 Å². The van der Waals surface area contributed by atoms with E-state index in [9.17, 15) is 0 Å². The second kappa shape index (κ2) is 17.1. The van der Waals surface area contributed by atoms with Gasteiger partial charge in [0.1, 0.15) is 11.2 Å². The molecule has 5 aromatic carbocycles. The second-order valence-electron chi connectivity index (χ2n) is 12.7. The molecule has 0 atom stereocenters. The van der Waals surface area contributed by atoms with E-state index in [1.54, 1.807) is 6.08 Å². The van der Waals surface area contributed by atoms with Gasteiger partial charge in [0.05, 0.1) is 0 Å². The molecule has 0 fully saturated rings. The lowest BCUT2D eigenvalue weighted by Gasteiger charge is -2.12. The predicted molar refractivity (Wildman–Crippen MR) is 229 cm³/mol. The van der Waals surface area contributed by atoms with Crippen LogP contribution >= 0.6 is 0 Å². The van der Waals surface area contributed by atoms with Gasteiger partial charge in [0.15, 0.2) is 17.5 Å². The van der Waals surface area contributed by atoms with Crippen LogP contribution in [0.4, 0.5) is 0 Å². The molecular weight excluding hydrogens is 659 g/mol. The van der Waals surface area contributed by atoms with E-state index in [1.165, 1.54) is 10.9 Å². The lowest BCUT2D eigenvalue weighted by Crippen LogP contribution is -2.01. The van der Waals surface area contributed by atoms with E-state index in [0.717, 1.165) is 61.6 Å². The maximum Gasteiger partial charge on any atom is 0.164 e. The number of furan rings is 1. The van der Waals surface area contributed by atoms with Crippen LogP contribution in [0.25, 0.3) is 73.0 Å². The number of allylic oxidation sites excluding steroid dienone is 14. The molecule has 0 saturated heterocycles. The minimum Gasteiger partial charge on any atom is -0.456 e. The van der Waals surface area contributed by atoms with Gasteiger partial charge in [-0.15, -0.1) is 0 Å². The lowest BCUT2D eigenvalue weighted by molar-refractivity contribution is 0.669. The molecule has 262 valence electrons. The first kappa shape index (κ1) is 35.5. The van der Waals surface area contributed by atoms with Crippen molar-refractivity contribution >= 4 is 38.8 Å². The molecule has 0 saturated carbocycles. The Kier molecular flexibility index (Phi) is 11.2. The molecule has 0 spiro atoms. The number of rotatable bonds is 12. The number of aromatic nitrogens is 3. The number of fused-ring (bicyclic) bond motifs is 4. The van der Waals surface area contributed by atoms with Crippen molar-refractivity contribution < 1.29 is 4.42 Å². The summed E-state index contributed by atoms with van der Waals surface area (Å²) >= 11 is 0. The van der Waals surface area contributed by atoms with Gasteiger partial charge in [-0.2, -0.15) is 0 Å². The van der Waals surface area contributed by atoms with Gasteiger partial charge >= 0.3 is 0 Å². The molecule has 0 aliphatic heterocycles. The molecule has 2 aromatic heterocycles. The average molecular weight is 700 g/mol. The summed E-state index contributed by atoms with van der Waals surface area (Å²) in [6.07, 6.45) is 29.3. The minimum absolute atomic E-state index is 0.592. The molecule has 0 amide bonds. The van der Waals surface area contributed by atoms with Crippen LogP contribution in [-0.2, 0) is 6.42 Å². The summed E-state index contributed by atoms with van der Waals surface area (Å²) in [6.45, 7) is 7.78. The molecule has 2 heterocycles. The van der Waals surface area contributed by atoms with Crippen LogP contribution in [0, 0.1) is 0 Å². The van der Waals surface area contributed by atoms with E-state index in [0.29, 0.717) is 17.5 Å².